The molecule has 0 aliphatic rings. The molecule has 0 aliphatic carbocycles. The van der Waals surface area contributed by atoms with Gasteiger partial charge in [0.25, 0.3) is 0 Å². The average Bonchev–Trinajstić information content (AvgIpc) is 2.40. The van der Waals surface area contributed by atoms with Crippen molar-refractivity contribution in [2.24, 2.45) is 0 Å². The molecule has 2 rings (SSSR count). The molecule has 0 amide bonds. The van der Waals surface area contributed by atoms with E-state index in [1.54, 1.807) is 25.4 Å². The van der Waals surface area contributed by atoms with Crippen molar-refractivity contribution in [2.75, 3.05) is 12.8 Å². The first-order chi connectivity index (χ1) is 8.70. The number of rotatable bonds is 4. The number of ether oxygens (including phenoxy) is 1. The van der Waals surface area contributed by atoms with Crippen molar-refractivity contribution in [3.8, 4) is 5.75 Å². The number of nitrogens with two attached hydrogens (primary N) is 1. The van der Waals surface area contributed by atoms with Gasteiger partial charge in [0, 0.05) is 18.2 Å². The Labute approximate surface area is 106 Å². The number of hydrogen-bond acceptors (Lipinski definition) is 4. The lowest BCUT2D eigenvalue weighted by atomic mass is 10.0. The van der Waals surface area contributed by atoms with E-state index in [9.17, 15) is 5.11 Å². The fourth-order valence-electron chi connectivity index (χ4n) is 1.81. The molecule has 0 fully saturated rings. The first-order valence-electron chi connectivity index (χ1n) is 5.72. The minimum absolute atomic E-state index is 0.374. The summed E-state index contributed by atoms with van der Waals surface area (Å²) in [6.45, 7) is 0. The van der Waals surface area contributed by atoms with Crippen LogP contribution in [0.25, 0.3) is 0 Å². The molecule has 94 valence electrons. The highest BCUT2D eigenvalue weighted by Crippen LogP contribution is 2.22. The molecule has 0 saturated carbocycles. The fraction of sp³-hybridized carbons (Fsp3) is 0.214. The van der Waals surface area contributed by atoms with Crippen molar-refractivity contribution >= 4 is 5.82 Å². The van der Waals surface area contributed by atoms with Crippen LogP contribution in [-0.2, 0) is 6.42 Å². The van der Waals surface area contributed by atoms with E-state index in [-0.39, 0.29) is 0 Å². The number of hydrogen-bond donors (Lipinski definition) is 2. The molecular weight excluding hydrogens is 228 g/mol. The minimum atomic E-state index is -0.646. The summed E-state index contributed by atoms with van der Waals surface area (Å²) in [7, 11) is 1.63. The molecule has 0 bridgehead atoms. The Morgan fingerprint density at radius 2 is 2.00 bits per heavy atom. The fourth-order valence-corrected chi connectivity index (χ4v) is 1.81. The molecule has 4 nitrogen and oxygen atoms in total. The van der Waals surface area contributed by atoms with Gasteiger partial charge < -0.3 is 15.6 Å². The van der Waals surface area contributed by atoms with E-state index in [1.807, 2.05) is 24.3 Å². The van der Waals surface area contributed by atoms with E-state index in [0.717, 1.165) is 11.3 Å². The Morgan fingerprint density at radius 1 is 1.28 bits per heavy atom. The molecule has 3 N–H and O–H groups in total. The Bertz CT molecular complexity index is 511. The standard InChI is InChI=1S/C14H16N2O2/c1-18-11-6-4-10(5-7-11)9-13(17)12-3-2-8-16-14(12)15/h2-8,13,17H,9H2,1H3,(H2,15,16). The van der Waals surface area contributed by atoms with Crippen LogP contribution in [0, 0.1) is 0 Å². The lowest BCUT2D eigenvalue weighted by Gasteiger charge is -2.12. The minimum Gasteiger partial charge on any atom is -0.497 e. The van der Waals surface area contributed by atoms with Crippen molar-refractivity contribution in [1.29, 1.82) is 0 Å². The lowest BCUT2D eigenvalue weighted by molar-refractivity contribution is 0.179. The van der Waals surface area contributed by atoms with Gasteiger partial charge in [0.2, 0.25) is 0 Å². The molecule has 1 atom stereocenters. The van der Waals surface area contributed by atoms with Crippen molar-refractivity contribution in [1.82, 2.24) is 4.98 Å². The summed E-state index contributed by atoms with van der Waals surface area (Å²) >= 11 is 0. The third-order valence-corrected chi connectivity index (χ3v) is 2.82. The molecule has 4 heteroatoms. The maximum atomic E-state index is 10.1. The van der Waals surface area contributed by atoms with Crippen LogP contribution >= 0.6 is 0 Å². The normalized spacial score (nSPS) is 12.1. The topological polar surface area (TPSA) is 68.4 Å². The molecule has 1 heterocycles. The number of pyridine rings is 1. The average molecular weight is 244 g/mol. The second-order valence-corrected chi connectivity index (χ2v) is 4.05. The van der Waals surface area contributed by atoms with E-state index < -0.39 is 6.10 Å². The van der Waals surface area contributed by atoms with Crippen LogP contribution in [-0.4, -0.2) is 17.2 Å². The zero-order chi connectivity index (χ0) is 13.0. The Balaban J connectivity index is 2.11. The summed E-state index contributed by atoms with van der Waals surface area (Å²) < 4.78 is 5.09. The number of aliphatic hydroxyl groups is 1. The highest BCUT2D eigenvalue weighted by atomic mass is 16.5. The monoisotopic (exact) mass is 244 g/mol. The maximum absolute atomic E-state index is 10.1. The van der Waals surface area contributed by atoms with E-state index in [4.69, 9.17) is 10.5 Å². The van der Waals surface area contributed by atoms with Gasteiger partial charge in [0.05, 0.1) is 13.2 Å². The highest BCUT2D eigenvalue weighted by molar-refractivity contribution is 5.41. The number of nitrogen functional groups attached to an aromatic ring is 1. The summed E-state index contributed by atoms with van der Waals surface area (Å²) in [5.41, 5.74) is 7.41. The second kappa shape index (κ2) is 5.51. The van der Waals surface area contributed by atoms with Gasteiger partial charge >= 0.3 is 0 Å². The van der Waals surface area contributed by atoms with Crippen molar-refractivity contribution < 1.29 is 9.84 Å². The van der Waals surface area contributed by atoms with Crippen molar-refractivity contribution in [3.05, 3.63) is 53.7 Å². The zero-order valence-corrected chi connectivity index (χ0v) is 10.2. The molecule has 0 saturated heterocycles. The first kappa shape index (κ1) is 12.4. The summed E-state index contributed by atoms with van der Waals surface area (Å²) in [5.74, 6) is 1.17. The highest BCUT2D eigenvalue weighted by Gasteiger charge is 2.12. The van der Waals surface area contributed by atoms with Crippen LogP contribution in [0.3, 0.4) is 0 Å². The smallest absolute Gasteiger partial charge is 0.129 e. The van der Waals surface area contributed by atoms with Crippen LogP contribution in [0.5, 0.6) is 5.75 Å². The van der Waals surface area contributed by atoms with Crippen LogP contribution < -0.4 is 10.5 Å². The Morgan fingerprint density at radius 3 is 2.61 bits per heavy atom. The van der Waals surface area contributed by atoms with E-state index in [2.05, 4.69) is 4.98 Å². The third kappa shape index (κ3) is 2.78. The molecular formula is C14H16N2O2. The number of anilines is 1. The lowest BCUT2D eigenvalue weighted by Crippen LogP contribution is -2.06. The van der Waals surface area contributed by atoms with Gasteiger partial charge in [-0.05, 0) is 23.8 Å². The molecule has 1 aromatic carbocycles. The Hall–Kier alpha value is -2.07. The number of benzene rings is 1. The predicted octanol–water partition coefficient (Wildman–Crippen LogP) is 1.95. The molecule has 1 unspecified atom stereocenters. The summed E-state index contributed by atoms with van der Waals surface area (Å²) in [4.78, 5) is 3.97. The third-order valence-electron chi connectivity index (χ3n) is 2.82. The van der Waals surface area contributed by atoms with Gasteiger partial charge in [-0.25, -0.2) is 4.98 Å². The molecule has 1 aromatic heterocycles. The second-order valence-electron chi connectivity index (χ2n) is 4.05. The Kier molecular flexibility index (Phi) is 3.79. The number of nitrogens with zero attached hydrogens (tertiary/aromatic N) is 1. The van der Waals surface area contributed by atoms with E-state index in [0.29, 0.717) is 17.8 Å². The molecule has 0 spiro atoms. The largest absolute Gasteiger partial charge is 0.497 e. The van der Waals surface area contributed by atoms with E-state index in [1.165, 1.54) is 0 Å². The van der Waals surface area contributed by atoms with Gasteiger partial charge in [-0.15, -0.1) is 0 Å². The SMILES string of the molecule is COc1ccc(CC(O)c2cccnc2N)cc1. The van der Waals surface area contributed by atoms with Gasteiger partial charge in [-0.3, -0.25) is 0 Å². The van der Waals surface area contributed by atoms with Gasteiger partial charge in [0.15, 0.2) is 0 Å². The van der Waals surface area contributed by atoms with Gasteiger partial charge in [0.1, 0.15) is 11.6 Å². The van der Waals surface area contributed by atoms with Crippen molar-refractivity contribution in [2.45, 2.75) is 12.5 Å². The number of methoxy groups -OCH3 is 1. The maximum Gasteiger partial charge on any atom is 0.129 e. The summed E-state index contributed by atoms with van der Waals surface area (Å²) in [6.07, 6.45) is 1.46. The summed E-state index contributed by atoms with van der Waals surface area (Å²) in [6, 6.07) is 11.1. The van der Waals surface area contributed by atoms with Crippen molar-refractivity contribution in [3.63, 3.8) is 0 Å². The van der Waals surface area contributed by atoms with Crippen LogP contribution in [0.15, 0.2) is 42.6 Å². The van der Waals surface area contributed by atoms with Gasteiger partial charge in [-0.2, -0.15) is 0 Å². The van der Waals surface area contributed by atoms with Crippen LogP contribution in [0.1, 0.15) is 17.2 Å². The van der Waals surface area contributed by atoms with E-state index >= 15 is 0 Å². The quantitative estimate of drug-likeness (QED) is 0.862. The zero-order valence-electron chi connectivity index (χ0n) is 10.2. The number of aliphatic hydroxyl groups excluding tert-OH is 1. The molecule has 18 heavy (non-hydrogen) atoms. The van der Waals surface area contributed by atoms with Gasteiger partial charge in [-0.1, -0.05) is 18.2 Å². The molecule has 2 aromatic rings. The van der Waals surface area contributed by atoms with Crippen LogP contribution in [0.2, 0.25) is 0 Å². The molecule has 0 aliphatic heterocycles. The predicted molar refractivity (Wildman–Crippen MR) is 70.3 cm³/mol. The van der Waals surface area contributed by atoms with Crippen LogP contribution in [0.4, 0.5) is 5.82 Å². The first-order valence-corrected chi connectivity index (χ1v) is 5.72. The number of aromatic nitrogens is 1. The molecule has 0 radical (unpaired) electrons. The summed E-state index contributed by atoms with van der Waals surface area (Å²) in [5, 5.41) is 10.1.